The van der Waals surface area contributed by atoms with Gasteiger partial charge in [0.1, 0.15) is 5.75 Å². The third kappa shape index (κ3) is 4.53. The number of carbonyl (C=O) groups excluding carboxylic acids is 1. The molecule has 1 atom stereocenters. The Labute approximate surface area is 158 Å². The maximum absolute atomic E-state index is 12.6. The zero-order chi connectivity index (χ0) is 19.2. The Morgan fingerprint density at radius 2 is 1.85 bits per heavy atom. The molecule has 6 heteroatoms. The highest BCUT2D eigenvalue weighted by Gasteiger charge is 2.22. The monoisotopic (exact) mass is 365 g/mol. The summed E-state index contributed by atoms with van der Waals surface area (Å²) in [6, 6.07) is 17.3. The van der Waals surface area contributed by atoms with Gasteiger partial charge in [0, 0.05) is 12.6 Å². The average molecular weight is 365 g/mol. The fraction of sp³-hybridized carbons (Fsp3) is 0.286. The van der Waals surface area contributed by atoms with Crippen molar-refractivity contribution in [3.05, 3.63) is 66.1 Å². The van der Waals surface area contributed by atoms with Gasteiger partial charge in [-0.15, -0.1) is 0 Å². The van der Waals surface area contributed by atoms with Crippen LogP contribution in [0.4, 0.5) is 0 Å². The molecule has 1 aromatic heterocycles. The van der Waals surface area contributed by atoms with Crippen molar-refractivity contribution in [3.8, 4) is 17.1 Å². The first-order valence-corrected chi connectivity index (χ1v) is 8.96. The molecule has 3 aromatic rings. The van der Waals surface area contributed by atoms with Gasteiger partial charge in [0.15, 0.2) is 6.10 Å². The summed E-state index contributed by atoms with van der Waals surface area (Å²) in [6.45, 7) is 4.02. The van der Waals surface area contributed by atoms with Crippen molar-refractivity contribution in [2.75, 3.05) is 7.05 Å². The van der Waals surface area contributed by atoms with Crippen molar-refractivity contribution in [1.82, 2.24) is 15.0 Å². The predicted octanol–water partition coefficient (Wildman–Crippen LogP) is 3.72. The minimum atomic E-state index is -0.612. The number of benzene rings is 2. The first kappa shape index (κ1) is 18.6. The summed E-state index contributed by atoms with van der Waals surface area (Å²) < 4.78 is 11.2. The fourth-order valence-corrected chi connectivity index (χ4v) is 2.77. The molecular weight excluding hydrogens is 342 g/mol. The molecule has 0 saturated carbocycles. The molecule has 0 bridgehead atoms. The molecule has 0 aliphatic carbocycles. The number of hydrogen-bond donors (Lipinski definition) is 0. The van der Waals surface area contributed by atoms with E-state index in [1.807, 2.05) is 54.6 Å². The van der Waals surface area contributed by atoms with Crippen LogP contribution in [-0.4, -0.2) is 34.1 Å². The third-order valence-corrected chi connectivity index (χ3v) is 4.25. The van der Waals surface area contributed by atoms with Gasteiger partial charge < -0.3 is 14.2 Å². The van der Waals surface area contributed by atoms with Gasteiger partial charge in [-0.3, -0.25) is 4.79 Å². The van der Waals surface area contributed by atoms with E-state index in [2.05, 4.69) is 17.1 Å². The minimum absolute atomic E-state index is 0.152. The molecule has 1 unspecified atom stereocenters. The largest absolute Gasteiger partial charge is 0.481 e. The smallest absolute Gasteiger partial charge is 0.263 e. The molecule has 0 radical (unpaired) electrons. The van der Waals surface area contributed by atoms with Gasteiger partial charge in [0.25, 0.3) is 5.91 Å². The quantitative estimate of drug-likeness (QED) is 0.638. The van der Waals surface area contributed by atoms with Gasteiger partial charge in [-0.2, -0.15) is 4.98 Å². The Bertz CT molecular complexity index is 892. The number of amides is 1. The van der Waals surface area contributed by atoms with E-state index in [1.165, 1.54) is 4.90 Å². The summed E-state index contributed by atoms with van der Waals surface area (Å²) in [6.07, 6.45) is 0.233. The molecule has 0 fully saturated rings. The number of nitrogens with zero attached hydrogens (tertiary/aromatic N) is 3. The van der Waals surface area contributed by atoms with Crippen LogP contribution >= 0.6 is 0 Å². The van der Waals surface area contributed by atoms with Gasteiger partial charge in [0.2, 0.25) is 11.7 Å². The van der Waals surface area contributed by atoms with E-state index in [4.69, 9.17) is 9.26 Å². The highest BCUT2D eigenvalue weighted by atomic mass is 16.5. The highest BCUT2D eigenvalue weighted by molar-refractivity contribution is 5.80. The van der Waals surface area contributed by atoms with E-state index in [1.54, 1.807) is 14.0 Å². The second-order valence-corrected chi connectivity index (χ2v) is 6.29. The number of rotatable bonds is 7. The molecule has 3 rings (SSSR count). The van der Waals surface area contributed by atoms with Crippen LogP contribution in [0.3, 0.4) is 0 Å². The Hall–Kier alpha value is -3.15. The van der Waals surface area contributed by atoms with Crippen molar-refractivity contribution in [1.29, 1.82) is 0 Å². The summed E-state index contributed by atoms with van der Waals surface area (Å²) in [4.78, 5) is 18.5. The number of para-hydroxylation sites is 1. The first-order chi connectivity index (χ1) is 13.1. The lowest BCUT2D eigenvalue weighted by molar-refractivity contribution is -0.137. The lowest BCUT2D eigenvalue weighted by atomic mass is 10.1. The SMILES string of the molecule is CCc1ccccc1OC(C)C(=O)N(C)Cc1nc(-c2ccccc2)no1. The summed E-state index contributed by atoms with van der Waals surface area (Å²) >= 11 is 0. The van der Waals surface area contributed by atoms with E-state index < -0.39 is 6.10 Å². The predicted molar refractivity (Wildman–Crippen MR) is 102 cm³/mol. The van der Waals surface area contributed by atoms with Gasteiger partial charge >= 0.3 is 0 Å². The maximum Gasteiger partial charge on any atom is 0.263 e. The molecule has 0 spiro atoms. The Kier molecular flexibility index (Phi) is 5.86. The molecule has 0 aliphatic heterocycles. The van der Waals surface area contributed by atoms with E-state index in [-0.39, 0.29) is 12.5 Å². The van der Waals surface area contributed by atoms with Crippen LogP contribution in [0.1, 0.15) is 25.3 Å². The molecule has 1 heterocycles. The molecule has 0 N–H and O–H groups in total. The molecule has 140 valence electrons. The number of aromatic nitrogens is 2. The molecule has 0 saturated heterocycles. The van der Waals surface area contributed by atoms with Crippen molar-refractivity contribution < 1.29 is 14.1 Å². The molecule has 0 aliphatic rings. The van der Waals surface area contributed by atoms with Crippen molar-refractivity contribution >= 4 is 5.91 Å². The van der Waals surface area contributed by atoms with E-state index >= 15 is 0 Å². The second kappa shape index (κ2) is 8.49. The maximum atomic E-state index is 12.6. The van der Waals surface area contributed by atoms with Crippen LogP contribution in [-0.2, 0) is 17.8 Å². The lowest BCUT2D eigenvalue weighted by Gasteiger charge is -2.21. The number of carbonyl (C=O) groups is 1. The number of likely N-dealkylation sites (N-methyl/N-ethyl adjacent to an activating group) is 1. The molecular formula is C21H23N3O3. The van der Waals surface area contributed by atoms with Crippen LogP contribution in [0.25, 0.3) is 11.4 Å². The zero-order valence-electron chi connectivity index (χ0n) is 15.8. The second-order valence-electron chi connectivity index (χ2n) is 6.29. The number of ether oxygens (including phenoxy) is 1. The van der Waals surface area contributed by atoms with Crippen LogP contribution in [0.15, 0.2) is 59.1 Å². The summed E-state index contributed by atoms with van der Waals surface area (Å²) in [5.74, 6) is 1.47. The van der Waals surface area contributed by atoms with Crippen LogP contribution in [0, 0.1) is 0 Å². The minimum Gasteiger partial charge on any atom is -0.481 e. The summed E-state index contributed by atoms with van der Waals surface area (Å²) in [5.41, 5.74) is 1.94. The van der Waals surface area contributed by atoms with Crippen molar-refractivity contribution in [2.45, 2.75) is 32.9 Å². The Balaban J connectivity index is 1.63. The molecule has 2 aromatic carbocycles. The van der Waals surface area contributed by atoms with Gasteiger partial charge in [-0.25, -0.2) is 0 Å². The number of hydrogen-bond acceptors (Lipinski definition) is 5. The van der Waals surface area contributed by atoms with Gasteiger partial charge in [-0.1, -0.05) is 60.6 Å². The lowest BCUT2D eigenvalue weighted by Crippen LogP contribution is -2.37. The topological polar surface area (TPSA) is 68.5 Å². The zero-order valence-corrected chi connectivity index (χ0v) is 15.8. The highest BCUT2D eigenvalue weighted by Crippen LogP contribution is 2.20. The van der Waals surface area contributed by atoms with Crippen molar-refractivity contribution in [3.63, 3.8) is 0 Å². The van der Waals surface area contributed by atoms with Gasteiger partial charge in [0.05, 0.1) is 6.54 Å². The Morgan fingerprint density at radius 1 is 1.15 bits per heavy atom. The molecule has 1 amide bonds. The summed E-state index contributed by atoms with van der Waals surface area (Å²) in [5, 5.41) is 3.98. The van der Waals surface area contributed by atoms with E-state index in [9.17, 15) is 4.79 Å². The standard InChI is InChI=1S/C21H23N3O3/c1-4-16-10-8-9-13-18(16)26-15(2)21(25)24(3)14-19-22-20(23-27-19)17-11-6-5-7-12-17/h5-13,15H,4,14H2,1-3H3. The fourth-order valence-electron chi connectivity index (χ4n) is 2.77. The van der Waals surface area contributed by atoms with Crippen LogP contribution < -0.4 is 4.74 Å². The van der Waals surface area contributed by atoms with Crippen LogP contribution in [0.5, 0.6) is 5.75 Å². The Morgan fingerprint density at radius 3 is 2.59 bits per heavy atom. The van der Waals surface area contributed by atoms with Crippen LogP contribution in [0.2, 0.25) is 0 Å². The summed E-state index contributed by atoms with van der Waals surface area (Å²) in [7, 11) is 1.69. The van der Waals surface area contributed by atoms with E-state index in [0.717, 1.165) is 23.3 Å². The van der Waals surface area contributed by atoms with E-state index in [0.29, 0.717) is 11.7 Å². The van der Waals surface area contributed by atoms with Crippen molar-refractivity contribution in [2.24, 2.45) is 0 Å². The van der Waals surface area contributed by atoms with Gasteiger partial charge in [-0.05, 0) is 25.0 Å². The average Bonchev–Trinajstić information content (AvgIpc) is 3.17. The molecule has 27 heavy (non-hydrogen) atoms. The normalized spacial score (nSPS) is 11.8. The third-order valence-electron chi connectivity index (χ3n) is 4.25. The molecule has 6 nitrogen and oxygen atoms in total. The first-order valence-electron chi connectivity index (χ1n) is 8.96. The number of aryl methyl sites for hydroxylation is 1.